The number of aryl methyl sites for hydroxylation is 1. The summed E-state index contributed by atoms with van der Waals surface area (Å²) in [6.45, 7) is 1.37. The van der Waals surface area contributed by atoms with Gasteiger partial charge in [0.25, 0.3) is 5.91 Å². The summed E-state index contributed by atoms with van der Waals surface area (Å²) in [5, 5.41) is 6.91. The van der Waals surface area contributed by atoms with Crippen LogP contribution in [-0.4, -0.2) is 27.2 Å². The monoisotopic (exact) mass is 260 g/mol. The van der Waals surface area contributed by atoms with Crippen LogP contribution in [0.25, 0.3) is 0 Å². The molecule has 2 rings (SSSR count). The van der Waals surface area contributed by atoms with E-state index in [1.165, 1.54) is 6.20 Å². The molecule has 0 fully saturated rings. The molecule has 0 atom stereocenters. The smallest absolute Gasteiger partial charge is 0.252 e. The van der Waals surface area contributed by atoms with E-state index in [4.69, 9.17) is 5.84 Å². The Labute approximate surface area is 110 Å². The molecule has 0 saturated heterocycles. The maximum atomic E-state index is 11.8. The van der Waals surface area contributed by atoms with Crippen LogP contribution in [0.2, 0.25) is 0 Å². The van der Waals surface area contributed by atoms with Crippen LogP contribution in [0, 0.1) is 0 Å². The van der Waals surface area contributed by atoms with E-state index >= 15 is 0 Å². The third-order valence-corrected chi connectivity index (χ3v) is 2.58. The highest BCUT2D eigenvalue weighted by Crippen LogP contribution is 2.03. The van der Waals surface area contributed by atoms with Crippen LogP contribution in [0.4, 0.5) is 5.82 Å². The van der Waals surface area contributed by atoms with Crippen molar-refractivity contribution in [2.24, 2.45) is 5.84 Å². The second kappa shape index (κ2) is 6.50. The minimum absolute atomic E-state index is 0.142. The molecule has 100 valence electrons. The lowest BCUT2D eigenvalue weighted by atomic mass is 10.2. The summed E-state index contributed by atoms with van der Waals surface area (Å²) in [7, 11) is 0. The van der Waals surface area contributed by atoms with Crippen molar-refractivity contribution in [2.75, 3.05) is 12.0 Å². The number of nitrogen functional groups attached to an aromatic ring is 1. The zero-order valence-corrected chi connectivity index (χ0v) is 10.4. The zero-order chi connectivity index (χ0) is 13.5. The number of anilines is 1. The van der Waals surface area contributed by atoms with Crippen molar-refractivity contribution >= 4 is 11.7 Å². The predicted molar refractivity (Wildman–Crippen MR) is 71.2 cm³/mol. The molecule has 0 unspecified atom stereocenters. The molecule has 0 spiro atoms. The van der Waals surface area contributed by atoms with E-state index in [0.717, 1.165) is 13.0 Å². The van der Waals surface area contributed by atoms with Crippen molar-refractivity contribution in [3.63, 3.8) is 0 Å². The fourth-order valence-corrected chi connectivity index (χ4v) is 1.59. The van der Waals surface area contributed by atoms with Crippen LogP contribution in [0.3, 0.4) is 0 Å². The minimum atomic E-state index is -0.142. The minimum Gasteiger partial charge on any atom is -0.352 e. The molecule has 0 bridgehead atoms. The summed E-state index contributed by atoms with van der Waals surface area (Å²) in [6, 6.07) is 5.20. The maximum Gasteiger partial charge on any atom is 0.252 e. The van der Waals surface area contributed by atoms with Gasteiger partial charge in [0, 0.05) is 31.7 Å². The van der Waals surface area contributed by atoms with E-state index in [-0.39, 0.29) is 5.91 Å². The van der Waals surface area contributed by atoms with Gasteiger partial charge in [-0.2, -0.15) is 5.10 Å². The van der Waals surface area contributed by atoms with Gasteiger partial charge >= 0.3 is 0 Å². The fraction of sp³-hybridized carbons (Fsp3) is 0.250. The first-order valence-corrected chi connectivity index (χ1v) is 5.98. The molecule has 7 nitrogen and oxygen atoms in total. The van der Waals surface area contributed by atoms with Crippen LogP contribution in [0.15, 0.2) is 36.8 Å². The van der Waals surface area contributed by atoms with Gasteiger partial charge in [0.2, 0.25) is 0 Å². The SMILES string of the molecule is NNc1ccc(C(=O)NCCCn2cccn2)cn1. The highest BCUT2D eigenvalue weighted by atomic mass is 16.1. The Morgan fingerprint density at radius 3 is 2.95 bits per heavy atom. The number of pyridine rings is 1. The highest BCUT2D eigenvalue weighted by molar-refractivity contribution is 5.93. The Kier molecular flexibility index (Phi) is 4.46. The predicted octanol–water partition coefficient (Wildman–Crippen LogP) is 0.384. The van der Waals surface area contributed by atoms with Crippen LogP contribution >= 0.6 is 0 Å². The summed E-state index contributed by atoms with van der Waals surface area (Å²) in [4.78, 5) is 15.8. The average Bonchev–Trinajstić information content (AvgIpc) is 2.96. The van der Waals surface area contributed by atoms with Crippen molar-refractivity contribution < 1.29 is 4.79 Å². The van der Waals surface area contributed by atoms with Gasteiger partial charge < -0.3 is 10.7 Å². The molecule has 7 heteroatoms. The number of nitrogens with zero attached hydrogens (tertiary/aromatic N) is 3. The lowest BCUT2D eigenvalue weighted by Crippen LogP contribution is -2.25. The third kappa shape index (κ3) is 3.78. The topological polar surface area (TPSA) is 97.9 Å². The summed E-state index contributed by atoms with van der Waals surface area (Å²) < 4.78 is 1.83. The van der Waals surface area contributed by atoms with Gasteiger partial charge in [-0.25, -0.2) is 10.8 Å². The molecule has 2 aromatic rings. The Morgan fingerprint density at radius 2 is 2.32 bits per heavy atom. The van der Waals surface area contributed by atoms with E-state index in [1.54, 1.807) is 18.3 Å². The Morgan fingerprint density at radius 1 is 1.42 bits per heavy atom. The largest absolute Gasteiger partial charge is 0.352 e. The number of aromatic nitrogens is 3. The first-order chi connectivity index (χ1) is 9.29. The van der Waals surface area contributed by atoms with Crippen LogP contribution in [0.1, 0.15) is 16.8 Å². The van der Waals surface area contributed by atoms with E-state index in [2.05, 4.69) is 20.8 Å². The molecule has 0 radical (unpaired) electrons. The molecule has 4 N–H and O–H groups in total. The molecule has 0 aliphatic heterocycles. The van der Waals surface area contributed by atoms with Gasteiger partial charge in [-0.15, -0.1) is 0 Å². The molecule has 0 aliphatic rings. The molecule has 0 aromatic carbocycles. The standard InChI is InChI=1S/C12H16N6O/c13-17-11-4-3-10(9-15-11)12(19)14-5-1-7-18-8-2-6-16-18/h2-4,6,8-9H,1,5,7,13H2,(H,14,19)(H,15,17). The molecular formula is C12H16N6O. The number of carbonyl (C=O) groups is 1. The summed E-state index contributed by atoms with van der Waals surface area (Å²) >= 11 is 0. The fourth-order valence-electron chi connectivity index (χ4n) is 1.59. The van der Waals surface area contributed by atoms with Gasteiger partial charge in [0.05, 0.1) is 5.56 Å². The Bertz CT molecular complexity index is 508. The van der Waals surface area contributed by atoms with Crippen LogP contribution in [-0.2, 0) is 6.54 Å². The van der Waals surface area contributed by atoms with E-state index in [9.17, 15) is 4.79 Å². The number of carbonyl (C=O) groups excluding carboxylic acids is 1. The lowest BCUT2D eigenvalue weighted by molar-refractivity contribution is 0.0952. The number of rotatable bonds is 6. The number of hydrogen-bond acceptors (Lipinski definition) is 5. The lowest BCUT2D eigenvalue weighted by Gasteiger charge is -2.06. The summed E-state index contributed by atoms with van der Waals surface area (Å²) in [5.41, 5.74) is 2.92. The zero-order valence-electron chi connectivity index (χ0n) is 10.4. The quantitative estimate of drug-likeness (QED) is 0.396. The number of hydrazine groups is 1. The highest BCUT2D eigenvalue weighted by Gasteiger charge is 2.05. The molecule has 1 amide bonds. The van der Waals surface area contributed by atoms with Gasteiger partial charge in [0.1, 0.15) is 5.82 Å². The van der Waals surface area contributed by atoms with Crippen molar-refractivity contribution in [3.05, 3.63) is 42.4 Å². The van der Waals surface area contributed by atoms with E-state index in [0.29, 0.717) is 17.9 Å². The van der Waals surface area contributed by atoms with Gasteiger partial charge in [0.15, 0.2) is 0 Å². The molecular weight excluding hydrogens is 244 g/mol. The molecule has 2 heterocycles. The van der Waals surface area contributed by atoms with Gasteiger partial charge in [-0.05, 0) is 24.6 Å². The van der Waals surface area contributed by atoms with Crippen molar-refractivity contribution in [1.29, 1.82) is 0 Å². The number of amides is 1. The van der Waals surface area contributed by atoms with Crippen LogP contribution in [0.5, 0.6) is 0 Å². The molecule has 0 saturated carbocycles. The summed E-state index contributed by atoms with van der Waals surface area (Å²) in [5.74, 6) is 5.58. The maximum absolute atomic E-state index is 11.8. The first-order valence-electron chi connectivity index (χ1n) is 5.98. The average molecular weight is 260 g/mol. The second-order valence-corrected chi connectivity index (χ2v) is 3.96. The molecule has 19 heavy (non-hydrogen) atoms. The normalized spacial score (nSPS) is 10.2. The van der Waals surface area contributed by atoms with Crippen molar-refractivity contribution in [2.45, 2.75) is 13.0 Å². The van der Waals surface area contributed by atoms with Crippen LogP contribution < -0.4 is 16.6 Å². The Hall–Kier alpha value is -2.41. The van der Waals surface area contributed by atoms with Crippen molar-refractivity contribution in [1.82, 2.24) is 20.1 Å². The number of nitrogens with one attached hydrogen (secondary N) is 2. The molecule has 0 aliphatic carbocycles. The Balaban J connectivity index is 1.74. The van der Waals surface area contributed by atoms with Gasteiger partial charge in [-0.1, -0.05) is 0 Å². The van der Waals surface area contributed by atoms with Crippen molar-refractivity contribution in [3.8, 4) is 0 Å². The summed E-state index contributed by atoms with van der Waals surface area (Å²) in [6.07, 6.45) is 5.93. The second-order valence-electron chi connectivity index (χ2n) is 3.96. The number of hydrogen-bond donors (Lipinski definition) is 3. The van der Waals surface area contributed by atoms with Gasteiger partial charge in [-0.3, -0.25) is 9.48 Å². The number of nitrogens with two attached hydrogens (primary N) is 1. The molecule has 2 aromatic heterocycles. The first kappa shape index (κ1) is 13.0. The third-order valence-electron chi connectivity index (χ3n) is 2.58. The van der Waals surface area contributed by atoms with E-state index < -0.39 is 0 Å². The van der Waals surface area contributed by atoms with E-state index in [1.807, 2.05) is 16.9 Å².